The van der Waals surface area contributed by atoms with Crippen molar-refractivity contribution in [3.05, 3.63) is 90.3 Å². The Balaban J connectivity index is 1.43. The van der Waals surface area contributed by atoms with Gasteiger partial charge in [0.1, 0.15) is 11.9 Å². The van der Waals surface area contributed by atoms with Gasteiger partial charge >= 0.3 is 0 Å². The van der Waals surface area contributed by atoms with Crippen LogP contribution in [0.5, 0.6) is 0 Å². The summed E-state index contributed by atoms with van der Waals surface area (Å²) in [6, 6.07) is 16.9. The SMILES string of the molecule is O=C(c1ccc(F)cc1)C1C2C(=O)N(c3ccc4ccccc4c3)C(=O)C2C2C=CC=NN21. The molecule has 3 aliphatic heterocycles. The van der Waals surface area contributed by atoms with Crippen LogP contribution < -0.4 is 4.90 Å². The molecule has 7 heteroatoms. The molecule has 3 aliphatic rings. The van der Waals surface area contributed by atoms with Gasteiger partial charge in [-0.25, -0.2) is 9.29 Å². The number of imide groups is 1. The van der Waals surface area contributed by atoms with Gasteiger partial charge in [-0.3, -0.25) is 19.4 Å². The lowest BCUT2D eigenvalue weighted by Crippen LogP contribution is -2.46. The van der Waals surface area contributed by atoms with Crippen LogP contribution in [0.1, 0.15) is 10.4 Å². The molecule has 0 N–H and O–H groups in total. The molecule has 3 heterocycles. The molecule has 0 spiro atoms. The molecular formula is C26H18FN3O3. The lowest BCUT2D eigenvalue weighted by molar-refractivity contribution is -0.123. The van der Waals surface area contributed by atoms with Gasteiger partial charge < -0.3 is 0 Å². The number of fused-ring (bicyclic) bond motifs is 4. The Bertz CT molecular complexity index is 1380. The highest BCUT2D eigenvalue weighted by atomic mass is 19.1. The number of allylic oxidation sites excluding steroid dienone is 1. The zero-order valence-electron chi connectivity index (χ0n) is 17.3. The Morgan fingerprint density at radius 2 is 1.61 bits per heavy atom. The number of hydrogen-bond donors (Lipinski definition) is 0. The van der Waals surface area contributed by atoms with Crippen LogP contribution in [0.4, 0.5) is 10.1 Å². The number of amides is 2. The first kappa shape index (κ1) is 19.5. The fourth-order valence-corrected chi connectivity index (χ4v) is 5.19. The summed E-state index contributed by atoms with van der Waals surface area (Å²) in [7, 11) is 0. The van der Waals surface area contributed by atoms with Crippen LogP contribution in [-0.4, -0.2) is 40.9 Å². The Kier molecular flexibility index (Phi) is 4.26. The summed E-state index contributed by atoms with van der Waals surface area (Å²) in [4.78, 5) is 41.9. The number of halogens is 1. The van der Waals surface area contributed by atoms with Crippen molar-refractivity contribution < 1.29 is 18.8 Å². The number of hydrazone groups is 1. The standard InChI is InChI=1S/C26H18FN3O3/c27-18-10-7-16(8-11-18)24(31)23-22-21(20-6-3-13-28-30(20)23)25(32)29(26(22)33)19-12-9-15-4-1-2-5-17(15)14-19/h1-14,20-23H. The lowest BCUT2D eigenvalue weighted by atomic mass is 9.86. The highest BCUT2D eigenvalue weighted by Crippen LogP contribution is 2.46. The average Bonchev–Trinajstić information content (AvgIpc) is 3.31. The fourth-order valence-electron chi connectivity index (χ4n) is 5.19. The molecule has 162 valence electrons. The minimum atomic E-state index is -0.950. The van der Waals surface area contributed by atoms with Gasteiger partial charge in [0.15, 0.2) is 5.78 Å². The second kappa shape index (κ2) is 7.20. The van der Waals surface area contributed by atoms with E-state index in [1.807, 2.05) is 36.4 Å². The first-order valence-electron chi connectivity index (χ1n) is 10.7. The molecular weight excluding hydrogens is 421 g/mol. The van der Waals surface area contributed by atoms with Crippen molar-refractivity contribution in [3.8, 4) is 0 Å². The minimum absolute atomic E-state index is 0.273. The summed E-state index contributed by atoms with van der Waals surface area (Å²) in [5, 5.41) is 7.79. The number of carbonyl (C=O) groups is 3. The van der Waals surface area contributed by atoms with Gasteiger partial charge in [-0.15, -0.1) is 0 Å². The number of anilines is 1. The zero-order valence-corrected chi connectivity index (χ0v) is 17.3. The summed E-state index contributed by atoms with van der Waals surface area (Å²) in [6.07, 6.45) is 5.07. The predicted molar refractivity (Wildman–Crippen MR) is 121 cm³/mol. The molecule has 0 bridgehead atoms. The predicted octanol–water partition coefficient (Wildman–Crippen LogP) is 3.58. The highest BCUT2D eigenvalue weighted by Gasteiger charge is 2.64. The maximum absolute atomic E-state index is 13.7. The zero-order chi connectivity index (χ0) is 22.7. The van der Waals surface area contributed by atoms with Crippen LogP contribution in [0.3, 0.4) is 0 Å². The number of benzene rings is 3. The van der Waals surface area contributed by atoms with Crippen LogP contribution in [0.15, 0.2) is 84.0 Å². The van der Waals surface area contributed by atoms with Gasteiger partial charge in [0.25, 0.3) is 0 Å². The van der Waals surface area contributed by atoms with Crippen molar-refractivity contribution in [3.63, 3.8) is 0 Å². The van der Waals surface area contributed by atoms with Crippen molar-refractivity contribution in [2.75, 3.05) is 4.90 Å². The van der Waals surface area contributed by atoms with E-state index >= 15 is 0 Å². The Morgan fingerprint density at radius 1 is 0.879 bits per heavy atom. The normalized spacial score (nSPS) is 25.6. The summed E-state index contributed by atoms with van der Waals surface area (Å²) in [5.41, 5.74) is 0.760. The molecule has 4 atom stereocenters. The van der Waals surface area contributed by atoms with Crippen LogP contribution in [0.2, 0.25) is 0 Å². The van der Waals surface area contributed by atoms with Gasteiger partial charge in [-0.1, -0.05) is 36.4 Å². The van der Waals surface area contributed by atoms with Crippen molar-refractivity contribution in [1.29, 1.82) is 0 Å². The summed E-state index contributed by atoms with van der Waals surface area (Å²) in [5.74, 6) is -3.19. The maximum Gasteiger partial charge on any atom is 0.240 e. The Hall–Kier alpha value is -4.13. The number of hydrogen-bond acceptors (Lipinski definition) is 5. The third-order valence-electron chi connectivity index (χ3n) is 6.68. The van der Waals surface area contributed by atoms with E-state index in [0.29, 0.717) is 5.69 Å². The van der Waals surface area contributed by atoms with Crippen LogP contribution in [-0.2, 0) is 9.59 Å². The van der Waals surface area contributed by atoms with Gasteiger partial charge in [-0.2, -0.15) is 5.10 Å². The van der Waals surface area contributed by atoms with Crippen LogP contribution in [0, 0.1) is 17.7 Å². The van der Waals surface area contributed by atoms with Gasteiger partial charge in [0.05, 0.1) is 23.6 Å². The van der Waals surface area contributed by atoms with Crippen molar-refractivity contribution >= 4 is 40.3 Å². The average molecular weight is 439 g/mol. The quantitative estimate of drug-likeness (QED) is 0.462. The van der Waals surface area contributed by atoms with E-state index < -0.39 is 35.6 Å². The highest BCUT2D eigenvalue weighted by molar-refractivity contribution is 6.25. The molecule has 6 nitrogen and oxygen atoms in total. The number of ketones is 1. The summed E-state index contributed by atoms with van der Waals surface area (Å²) >= 11 is 0. The topological polar surface area (TPSA) is 70.0 Å². The smallest absolute Gasteiger partial charge is 0.240 e. The molecule has 3 aromatic rings. The van der Waals surface area contributed by atoms with E-state index in [1.54, 1.807) is 29.4 Å². The third-order valence-corrected chi connectivity index (χ3v) is 6.68. The van der Waals surface area contributed by atoms with Crippen molar-refractivity contribution in [2.24, 2.45) is 16.9 Å². The van der Waals surface area contributed by atoms with Crippen LogP contribution in [0.25, 0.3) is 10.8 Å². The monoisotopic (exact) mass is 439 g/mol. The molecule has 0 saturated carbocycles. The largest absolute Gasteiger partial charge is 0.292 e. The Morgan fingerprint density at radius 3 is 2.39 bits per heavy atom. The molecule has 3 aromatic carbocycles. The fraction of sp³-hybridized carbons (Fsp3) is 0.154. The first-order chi connectivity index (χ1) is 16.0. The van der Waals surface area contributed by atoms with Gasteiger partial charge in [-0.05, 0) is 53.2 Å². The molecule has 0 aromatic heterocycles. The lowest BCUT2D eigenvalue weighted by Gasteiger charge is -2.30. The van der Waals surface area contributed by atoms with E-state index in [9.17, 15) is 18.8 Å². The van der Waals surface area contributed by atoms with Gasteiger partial charge in [0.2, 0.25) is 11.8 Å². The molecule has 0 aliphatic carbocycles. The first-order valence-corrected chi connectivity index (χ1v) is 10.7. The maximum atomic E-state index is 13.7. The van der Waals surface area contributed by atoms with E-state index in [4.69, 9.17) is 0 Å². The van der Waals surface area contributed by atoms with E-state index in [2.05, 4.69) is 5.10 Å². The molecule has 0 radical (unpaired) electrons. The molecule has 2 fully saturated rings. The second-order valence-corrected chi connectivity index (χ2v) is 8.43. The third kappa shape index (κ3) is 2.85. The van der Waals surface area contributed by atoms with Crippen molar-refractivity contribution in [2.45, 2.75) is 12.1 Å². The van der Waals surface area contributed by atoms with E-state index in [0.717, 1.165) is 10.8 Å². The van der Waals surface area contributed by atoms with E-state index in [1.165, 1.54) is 29.2 Å². The Labute approximate surface area is 188 Å². The second-order valence-electron chi connectivity index (χ2n) is 8.43. The van der Waals surface area contributed by atoms with Gasteiger partial charge in [0, 0.05) is 11.8 Å². The molecule has 2 amide bonds. The molecule has 2 saturated heterocycles. The minimum Gasteiger partial charge on any atom is -0.292 e. The van der Waals surface area contributed by atoms with Crippen molar-refractivity contribution in [1.82, 2.24) is 5.01 Å². The number of nitrogens with zero attached hydrogens (tertiary/aromatic N) is 3. The summed E-state index contributed by atoms with van der Waals surface area (Å²) < 4.78 is 13.4. The molecule has 6 rings (SSSR count). The number of Topliss-reactive ketones (excluding diaryl/α,β-unsaturated/α-hetero) is 1. The number of carbonyl (C=O) groups excluding carboxylic acids is 3. The summed E-state index contributed by atoms with van der Waals surface area (Å²) in [6.45, 7) is 0. The number of rotatable bonds is 3. The van der Waals surface area contributed by atoms with Crippen LogP contribution >= 0.6 is 0 Å². The molecule has 4 unspecified atom stereocenters. The van der Waals surface area contributed by atoms with E-state index in [-0.39, 0.29) is 17.3 Å². The molecule has 33 heavy (non-hydrogen) atoms.